The first-order valence-corrected chi connectivity index (χ1v) is 11.9. The number of likely N-dealkylation sites (tertiary alicyclic amines) is 1. The van der Waals surface area contributed by atoms with Crippen LogP contribution in [-0.2, 0) is 28.7 Å². The van der Waals surface area contributed by atoms with Gasteiger partial charge in [0.15, 0.2) is 0 Å². The zero-order chi connectivity index (χ0) is 25.6. The lowest BCUT2D eigenvalue weighted by atomic mass is 9.84. The molecule has 0 aliphatic carbocycles. The van der Waals surface area contributed by atoms with Gasteiger partial charge in [-0.05, 0) is 67.6 Å². The molecular formula is C27H33F3N2O3. The third-order valence-electron chi connectivity index (χ3n) is 6.85. The third kappa shape index (κ3) is 7.07. The van der Waals surface area contributed by atoms with E-state index in [1.54, 1.807) is 37.1 Å². The molecule has 8 heteroatoms. The smallest absolute Gasteiger partial charge is 0.416 e. The van der Waals surface area contributed by atoms with Crippen LogP contribution in [-0.4, -0.2) is 55.0 Å². The Balaban J connectivity index is 1.67. The Morgan fingerprint density at radius 1 is 1.09 bits per heavy atom. The highest BCUT2D eigenvalue weighted by Gasteiger charge is 2.33. The summed E-state index contributed by atoms with van der Waals surface area (Å²) in [5, 5.41) is 0. The van der Waals surface area contributed by atoms with Gasteiger partial charge in [-0.1, -0.05) is 37.3 Å². The van der Waals surface area contributed by atoms with Gasteiger partial charge in [0, 0.05) is 26.1 Å². The quantitative estimate of drug-likeness (QED) is 0.479. The van der Waals surface area contributed by atoms with E-state index in [4.69, 9.17) is 4.74 Å². The maximum absolute atomic E-state index is 13.2. The summed E-state index contributed by atoms with van der Waals surface area (Å²) < 4.78 is 44.4. The molecule has 0 N–H and O–H groups in total. The second kappa shape index (κ2) is 11.7. The van der Waals surface area contributed by atoms with Gasteiger partial charge in [0.1, 0.15) is 0 Å². The molecule has 1 atom stereocenters. The number of hydrogen-bond donors (Lipinski definition) is 0. The molecule has 1 aliphatic heterocycles. The average molecular weight is 491 g/mol. The van der Waals surface area contributed by atoms with Crippen LogP contribution in [0.4, 0.5) is 13.2 Å². The summed E-state index contributed by atoms with van der Waals surface area (Å²) in [5.74, 6) is -0.173. The van der Waals surface area contributed by atoms with Crippen LogP contribution in [0.3, 0.4) is 0 Å². The number of nitrogens with zero attached hydrogens (tertiary/aromatic N) is 2. The number of carbonyl (C=O) groups is 2. The Labute approximate surface area is 204 Å². The fourth-order valence-electron chi connectivity index (χ4n) is 4.79. The predicted molar refractivity (Wildman–Crippen MR) is 128 cm³/mol. The average Bonchev–Trinajstić information content (AvgIpc) is 2.86. The first kappa shape index (κ1) is 26.7. The van der Waals surface area contributed by atoms with E-state index in [-0.39, 0.29) is 23.8 Å². The number of carbonyl (C=O) groups excluding carboxylic acids is 2. The molecule has 1 fully saturated rings. The fourth-order valence-corrected chi connectivity index (χ4v) is 4.79. The normalized spacial score (nSPS) is 16.1. The van der Waals surface area contributed by atoms with E-state index in [1.165, 1.54) is 19.2 Å². The molecular weight excluding hydrogens is 457 g/mol. The van der Waals surface area contributed by atoms with Crippen molar-refractivity contribution >= 4 is 11.9 Å². The van der Waals surface area contributed by atoms with Crippen LogP contribution in [0.2, 0.25) is 0 Å². The summed E-state index contributed by atoms with van der Waals surface area (Å²) in [4.78, 5) is 28.2. The van der Waals surface area contributed by atoms with Gasteiger partial charge < -0.3 is 9.64 Å². The summed E-state index contributed by atoms with van der Waals surface area (Å²) in [5.41, 5.74) is 1.53. The molecule has 0 saturated carbocycles. The molecule has 2 aromatic rings. The molecule has 0 bridgehead atoms. The number of piperidine rings is 1. The molecule has 1 amide bonds. The second-order valence-corrected chi connectivity index (χ2v) is 9.13. The zero-order valence-corrected chi connectivity index (χ0v) is 20.5. The second-order valence-electron chi connectivity index (χ2n) is 9.13. The van der Waals surface area contributed by atoms with Crippen molar-refractivity contribution in [3.63, 3.8) is 0 Å². The molecule has 190 valence electrons. The largest absolute Gasteiger partial charge is 0.465 e. The van der Waals surface area contributed by atoms with E-state index in [9.17, 15) is 22.8 Å². The molecule has 0 unspecified atom stereocenters. The lowest BCUT2D eigenvalue weighted by Crippen LogP contribution is -2.47. The summed E-state index contributed by atoms with van der Waals surface area (Å²) in [6.45, 7) is 4.21. The number of likely N-dealkylation sites (N-methyl/N-ethyl adjacent to an activating group) is 1. The van der Waals surface area contributed by atoms with Crippen molar-refractivity contribution in [3.8, 4) is 0 Å². The Hall–Kier alpha value is -2.87. The Bertz CT molecular complexity index is 999. The Morgan fingerprint density at radius 3 is 2.31 bits per heavy atom. The summed E-state index contributed by atoms with van der Waals surface area (Å²) in [6, 6.07) is 12.6. The number of amides is 1. The maximum Gasteiger partial charge on any atom is 0.416 e. The van der Waals surface area contributed by atoms with Gasteiger partial charge in [-0.2, -0.15) is 13.2 Å². The van der Waals surface area contributed by atoms with Crippen molar-refractivity contribution in [1.82, 2.24) is 9.80 Å². The van der Waals surface area contributed by atoms with Crippen LogP contribution in [0.1, 0.15) is 53.2 Å². The molecule has 0 radical (unpaired) electrons. The van der Waals surface area contributed by atoms with E-state index in [0.717, 1.165) is 44.1 Å². The van der Waals surface area contributed by atoms with Crippen molar-refractivity contribution in [2.24, 2.45) is 5.92 Å². The number of rotatable bonds is 8. The van der Waals surface area contributed by atoms with Crippen LogP contribution in [0, 0.1) is 5.92 Å². The number of ether oxygens (including phenoxy) is 1. The first-order chi connectivity index (χ1) is 16.6. The van der Waals surface area contributed by atoms with Crippen molar-refractivity contribution in [3.05, 3.63) is 70.8 Å². The number of alkyl halides is 3. The van der Waals surface area contributed by atoms with E-state index < -0.39 is 11.7 Å². The number of methoxy groups -OCH3 is 1. The Kier molecular flexibility index (Phi) is 8.94. The molecule has 2 aromatic carbocycles. The van der Waals surface area contributed by atoms with Crippen LogP contribution in [0.5, 0.6) is 0 Å². The van der Waals surface area contributed by atoms with Crippen LogP contribution in [0.15, 0.2) is 48.5 Å². The molecule has 1 saturated heterocycles. The lowest BCUT2D eigenvalue weighted by Gasteiger charge is -2.40. The maximum atomic E-state index is 13.2. The highest BCUT2D eigenvalue weighted by atomic mass is 19.4. The standard InChI is InChI=1S/C27H33F3N2O3/c1-4-25(33)31(2)24(17-20-6-5-7-23(16-20)27(28,29)30)21-12-14-32(15-13-21)18-19-8-10-22(11-9-19)26(34)35-3/h5-11,16,21,24H,4,12-15,17-18H2,1-3H3/t24-/m0/s1. The Morgan fingerprint density at radius 2 is 1.74 bits per heavy atom. The van der Waals surface area contributed by atoms with Gasteiger partial charge >= 0.3 is 12.1 Å². The highest BCUT2D eigenvalue weighted by Crippen LogP contribution is 2.32. The van der Waals surface area contributed by atoms with Crippen LogP contribution < -0.4 is 0 Å². The molecule has 3 rings (SSSR count). The van der Waals surface area contributed by atoms with Crippen molar-refractivity contribution < 1.29 is 27.5 Å². The number of hydrogen-bond acceptors (Lipinski definition) is 4. The van der Waals surface area contributed by atoms with Crippen LogP contribution >= 0.6 is 0 Å². The summed E-state index contributed by atoms with van der Waals surface area (Å²) in [6.07, 6.45) is -1.94. The van der Waals surface area contributed by atoms with Crippen molar-refractivity contribution in [2.75, 3.05) is 27.2 Å². The predicted octanol–water partition coefficient (Wildman–Crippen LogP) is 5.18. The number of halogens is 3. The molecule has 35 heavy (non-hydrogen) atoms. The topological polar surface area (TPSA) is 49.9 Å². The van der Waals surface area contributed by atoms with E-state index in [1.807, 2.05) is 12.1 Å². The van der Waals surface area contributed by atoms with Crippen LogP contribution in [0.25, 0.3) is 0 Å². The van der Waals surface area contributed by atoms with Gasteiger partial charge in [0.2, 0.25) is 5.91 Å². The number of esters is 1. The van der Waals surface area contributed by atoms with Gasteiger partial charge in [-0.15, -0.1) is 0 Å². The molecule has 1 aliphatic rings. The number of benzene rings is 2. The van der Waals surface area contributed by atoms with E-state index in [2.05, 4.69) is 4.90 Å². The van der Waals surface area contributed by atoms with Gasteiger partial charge in [-0.25, -0.2) is 4.79 Å². The summed E-state index contributed by atoms with van der Waals surface area (Å²) in [7, 11) is 3.12. The molecule has 1 heterocycles. The minimum absolute atomic E-state index is 0.00454. The van der Waals surface area contributed by atoms with E-state index >= 15 is 0 Å². The highest BCUT2D eigenvalue weighted by molar-refractivity contribution is 5.89. The minimum Gasteiger partial charge on any atom is -0.465 e. The van der Waals surface area contributed by atoms with E-state index in [0.29, 0.717) is 24.0 Å². The third-order valence-corrected chi connectivity index (χ3v) is 6.85. The van der Waals surface area contributed by atoms with Gasteiger partial charge in [0.05, 0.1) is 18.2 Å². The monoisotopic (exact) mass is 490 g/mol. The van der Waals surface area contributed by atoms with Gasteiger partial charge in [-0.3, -0.25) is 9.69 Å². The first-order valence-electron chi connectivity index (χ1n) is 11.9. The summed E-state index contributed by atoms with van der Waals surface area (Å²) >= 11 is 0. The van der Waals surface area contributed by atoms with Crippen molar-refractivity contribution in [2.45, 2.75) is 51.4 Å². The SMILES string of the molecule is CCC(=O)N(C)[C@@H](Cc1cccc(C(F)(F)F)c1)C1CCN(Cc2ccc(C(=O)OC)cc2)CC1. The van der Waals surface area contributed by atoms with Gasteiger partial charge in [0.25, 0.3) is 0 Å². The zero-order valence-electron chi connectivity index (χ0n) is 20.5. The molecule has 5 nitrogen and oxygen atoms in total. The molecule has 0 aromatic heterocycles. The molecule has 0 spiro atoms. The minimum atomic E-state index is -4.39. The lowest BCUT2D eigenvalue weighted by molar-refractivity contribution is -0.138. The fraction of sp³-hybridized carbons (Fsp3) is 0.481. The van der Waals surface area contributed by atoms with Crippen molar-refractivity contribution in [1.29, 1.82) is 0 Å².